The fraction of sp³-hybridized carbons (Fsp3) is 0.387. The van der Waals surface area contributed by atoms with E-state index in [0.717, 1.165) is 48.6 Å². The van der Waals surface area contributed by atoms with Gasteiger partial charge in [-0.15, -0.1) is 0 Å². The summed E-state index contributed by atoms with van der Waals surface area (Å²) in [5, 5.41) is 0. The van der Waals surface area contributed by atoms with Gasteiger partial charge in [0.2, 0.25) is 11.8 Å². The minimum absolute atomic E-state index is 0.279. The predicted molar refractivity (Wildman–Crippen MR) is 149 cm³/mol. The average molecular weight is 564 g/mol. The Kier molecular flexibility index (Phi) is 7.68. The zero-order valence-corrected chi connectivity index (χ0v) is 23.7. The normalized spacial score (nSPS) is 15.5. The highest BCUT2D eigenvalue weighted by Crippen LogP contribution is 2.50. The molecule has 2 aliphatic rings. The minimum atomic E-state index is -4.50. The number of aromatic nitrogens is 5. The van der Waals surface area contributed by atoms with Gasteiger partial charge in [0.25, 0.3) is 0 Å². The zero-order chi connectivity index (χ0) is 29.4. The first-order valence-corrected chi connectivity index (χ1v) is 13.8. The number of ether oxygens (including phenoxy) is 2. The molecule has 10 heteroatoms. The summed E-state index contributed by atoms with van der Waals surface area (Å²) in [7, 11) is 1.56. The van der Waals surface area contributed by atoms with E-state index in [1.807, 2.05) is 32.9 Å². The van der Waals surface area contributed by atoms with Gasteiger partial charge >= 0.3 is 6.18 Å². The van der Waals surface area contributed by atoms with E-state index in [0.29, 0.717) is 40.2 Å². The number of hydrogen-bond donors (Lipinski definition) is 0. The molecule has 0 radical (unpaired) electrons. The standard InChI is InChI=1S/C29H26F3N5O2.C2H6/c1-16-12-21(36-22(13-16)29(30,31)32)18-6-8-20(9-7-18)28(10-11-28)39-26-17(2)14-33-25(37-26)23-24(19-4-5-19)34-15-35-27(23)38-3;1-2/h6-9,12-15,19H,4-5,10-11H2,1-3H3;1-2H3. The summed E-state index contributed by atoms with van der Waals surface area (Å²) in [5.74, 6) is 1.68. The van der Waals surface area contributed by atoms with Crippen molar-refractivity contribution in [2.24, 2.45) is 0 Å². The molecule has 214 valence electrons. The van der Waals surface area contributed by atoms with E-state index < -0.39 is 17.5 Å². The van der Waals surface area contributed by atoms with Gasteiger partial charge in [-0.05, 0) is 62.8 Å². The predicted octanol–water partition coefficient (Wildman–Crippen LogP) is 7.61. The van der Waals surface area contributed by atoms with E-state index in [9.17, 15) is 13.2 Å². The van der Waals surface area contributed by atoms with Crippen molar-refractivity contribution >= 4 is 0 Å². The highest BCUT2D eigenvalue weighted by atomic mass is 19.4. The van der Waals surface area contributed by atoms with Crippen LogP contribution in [0.3, 0.4) is 0 Å². The topological polar surface area (TPSA) is 82.9 Å². The van der Waals surface area contributed by atoms with E-state index >= 15 is 0 Å². The summed E-state index contributed by atoms with van der Waals surface area (Å²) in [6, 6.07) is 10.0. The monoisotopic (exact) mass is 563 g/mol. The molecular weight excluding hydrogens is 531 g/mol. The second kappa shape index (κ2) is 11.1. The van der Waals surface area contributed by atoms with Gasteiger partial charge in [-0.1, -0.05) is 38.1 Å². The summed E-state index contributed by atoms with van der Waals surface area (Å²) in [5.41, 5.74) is 3.19. The lowest BCUT2D eigenvalue weighted by molar-refractivity contribution is -0.141. The fourth-order valence-corrected chi connectivity index (χ4v) is 4.72. The van der Waals surface area contributed by atoms with Crippen molar-refractivity contribution in [3.05, 3.63) is 77.0 Å². The third-order valence-electron chi connectivity index (χ3n) is 7.11. The molecule has 0 bridgehead atoms. The minimum Gasteiger partial charge on any atom is -0.480 e. The van der Waals surface area contributed by atoms with Crippen LogP contribution in [0.1, 0.15) is 73.5 Å². The fourth-order valence-electron chi connectivity index (χ4n) is 4.72. The average Bonchev–Trinajstić information content (AvgIpc) is 3.90. The van der Waals surface area contributed by atoms with Crippen LogP contribution in [0, 0.1) is 13.8 Å². The molecule has 0 aliphatic heterocycles. The van der Waals surface area contributed by atoms with Gasteiger partial charge < -0.3 is 9.47 Å². The van der Waals surface area contributed by atoms with E-state index in [-0.39, 0.29) is 5.69 Å². The lowest BCUT2D eigenvalue weighted by atomic mass is 10.0. The Hall–Kier alpha value is -4.08. The van der Waals surface area contributed by atoms with E-state index in [4.69, 9.17) is 14.5 Å². The smallest absolute Gasteiger partial charge is 0.433 e. The molecule has 0 unspecified atom stereocenters. The van der Waals surface area contributed by atoms with Gasteiger partial charge in [0.05, 0.1) is 18.5 Å². The molecule has 0 atom stereocenters. The number of benzene rings is 1. The van der Waals surface area contributed by atoms with Crippen molar-refractivity contribution in [3.8, 4) is 34.4 Å². The van der Waals surface area contributed by atoms with Crippen LogP contribution in [-0.4, -0.2) is 32.0 Å². The third kappa shape index (κ3) is 5.87. The highest BCUT2D eigenvalue weighted by Gasteiger charge is 2.48. The second-order valence-corrected chi connectivity index (χ2v) is 10.2. The van der Waals surface area contributed by atoms with Crippen LogP contribution in [0.15, 0.2) is 48.9 Å². The Morgan fingerprint density at radius 2 is 1.61 bits per heavy atom. The summed E-state index contributed by atoms with van der Waals surface area (Å²) >= 11 is 0. The Labute approximate surface area is 237 Å². The quantitative estimate of drug-likeness (QED) is 0.229. The van der Waals surface area contributed by atoms with Gasteiger partial charge in [-0.25, -0.2) is 19.9 Å². The maximum Gasteiger partial charge on any atom is 0.433 e. The van der Waals surface area contributed by atoms with Crippen molar-refractivity contribution in [3.63, 3.8) is 0 Å². The van der Waals surface area contributed by atoms with Crippen molar-refractivity contribution < 1.29 is 22.6 Å². The highest BCUT2D eigenvalue weighted by molar-refractivity contribution is 5.66. The van der Waals surface area contributed by atoms with Gasteiger partial charge in [0.1, 0.15) is 23.2 Å². The molecule has 6 rings (SSSR count). The number of aryl methyl sites for hydroxylation is 2. The Balaban J connectivity index is 0.00000165. The largest absolute Gasteiger partial charge is 0.480 e. The van der Waals surface area contributed by atoms with Crippen molar-refractivity contribution in [1.82, 2.24) is 24.9 Å². The molecule has 3 aromatic heterocycles. The number of pyridine rings is 1. The molecule has 0 spiro atoms. The summed E-state index contributed by atoms with van der Waals surface area (Å²) in [6.45, 7) is 7.52. The number of methoxy groups -OCH3 is 1. The molecule has 0 N–H and O–H groups in total. The summed E-state index contributed by atoms with van der Waals surface area (Å²) in [4.78, 5) is 21.9. The number of hydrogen-bond acceptors (Lipinski definition) is 7. The zero-order valence-electron chi connectivity index (χ0n) is 23.7. The van der Waals surface area contributed by atoms with Crippen molar-refractivity contribution in [2.75, 3.05) is 7.11 Å². The molecule has 3 heterocycles. The number of nitrogens with zero attached hydrogens (tertiary/aromatic N) is 5. The molecule has 2 fully saturated rings. The number of halogens is 3. The second-order valence-electron chi connectivity index (χ2n) is 10.2. The molecular formula is C31H32F3N5O2. The maximum absolute atomic E-state index is 13.3. The SMILES string of the molecule is CC.COc1ncnc(C2CC2)c1-c1ncc(C)c(OC2(c3ccc(-c4cc(C)cc(C(F)(F)F)n4)cc3)CC2)n1. The van der Waals surface area contributed by atoms with E-state index in [1.54, 1.807) is 38.4 Å². The molecule has 1 aromatic carbocycles. The lowest BCUT2D eigenvalue weighted by Crippen LogP contribution is -2.17. The van der Waals surface area contributed by atoms with Crippen LogP contribution in [-0.2, 0) is 11.8 Å². The van der Waals surface area contributed by atoms with Crippen molar-refractivity contribution in [2.45, 2.75) is 71.1 Å². The molecule has 41 heavy (non-hydrogen) atoms. The van der Waals surface area contributed by atoms with E-state index in [1.165, 1.54) is 6.33 Å². The Morgan fingerprint density at radius 1 is 0.902 bits per heavy atom. The first kappa shape index (κ1) is 28.4. The van der Waals surface area contributed by atoms with Crippen LogP contribution >= 0.6 is 0 Å². The number of rotatable bonds is 7. The van der Waals surface area contributed by atoms with Crippen LogP contribution in [0.5, 0.6) is 11.8 Å². The van der Waals surface area contributed by atoms with Crippen LogP contribution < -0.4 is 9.47 Å². The Morgan fingerprint density at radius 3 is 2.22 bits per heavy atom. The maximum atomic E-state index is 13.3. The Bertz CT molecular complexity index is 1550. The summed E-state index contributed by atoms with van der Waals surface area (Å²) in [6.07, 6.45) is 2.40. The van der Waals surface area contributed by atoms with Gasteiger partial charge in [0.15, 0.2) is 5.82 Å². The molecule has 0 saturated heterocycles. The van der Waals surface area contributed by atoms with Crippen LogP contribution in [0.25, 0.3) is 22.6 Å². The molecule has 0 amide bonds. The lowest BCUT2D eigenvalue weighted by Gasteiger charge is -2.20. The first-order chi connectivity index (χ1) is 19.7. The molecule has 2 aliphatic carbocycles. The van der Waals surface area contributed by atoms with Gasteiger partial charge in [0, 0.05) is 23.2 Å². The van der Waals surface area contributed by atoms with Crippen molar-refractivity contribution in [1.29, 1.82) is 0 Å². The summed E-state index contributed by atoms with van der Waals surface area (Å²) < 4.78 is 51.8. The molecule has 4 aromatic rings. The molecule has 7 nitrogen and oxygen atoms in total. The third-order valence-corrected chi connectivity index (χ3v) is 7.11. The van der Waals surface area contributed by atoms with Crippen LogP contribution in [0.2, 0.25) is 0 Å². The molecule has 2 saturated carbocycles. The van der Waals surface area contributed by atoms with Gasteiger partial charge in [-0.2, -0.15) is 18.2 Å². The van der Waals surface area contributed by atoms with Crippen LogP contribution in [0.4, 0.5) is 13.2 Å². The van der Waals surface area contributed by atoms with Gasteiger partial charge in [-0.3, -0.25) is 0 Å². The van der Waals surface area contributed by atoms with E-state index in [2.05, 4.69) is 19.9 Å². The first-order valence-electron chi connectivity index (χ1n) is 13.8. The number of alkyl halides is 3.